The van der Waals surface area contributed by atoms with E-state index in [0.29, 0.717) is 16.3 Å². The van der Waals surface area contributed by atoms with Gasteiger partial charge in [0.2, 0.25) is 16.7 Å². The lowest BCUT2D eigenvalue weighted by Crippen LogP contribution is -2.70. The van der Waals surface area contributed by atoms with Crippen LogP contribution in [0, 0.1) is 0 Å². The van der Waals surface area contributed by atoms with E-state index in [1.165, 1.54) is 28.0 Å². The number of oxime groups is 1. The largest absolute Gasteiger partial charge is 0.374 e. The van der Waals surface area contributed by atoms with Gasteiger partial charge in [0.1, 0.15) is 29.2 Å². The summed E-state index contributed by atoms with van der Waals surface area (Å²) in [6.07, 6.45) is 3.84. The molecule has 3 N–H and O–H groups in total. The first kappa shape index (κ1) is 26.2. The van der Waals surface area contributed by atoms with Gasteiger partial charge in [0.15, 0.2) is 17.5 Å². The Bertz CT molecular complexity index is 1510. The molecule has 2 atom stereocenters. The Morgan fingerprint density at radius 3 is 2.92 bits per heavy atom. The molecule has 1 fully saturated rings. The average Bonchev–Trinajstić information content (AvgIpc) is 3.56. The highest BCUT2D eigenvalue weighted by molar-refractivity contribution is 8.00. The Labute approximate surface area is 232 Å². The van der Waals surface area contributed by atoms with Crippen LogP contribution in [-0.4, -0.2) is 65.9 Å². The molecule has 0 unspecified atom stereocenters. The number of alkyl halides is 1. The van der Waals surface area contributed by atoms with Crippen LogP contribution in [-0.2, 0) is 26.3 Å². The third-order valence-corrected chi connectivity index (χ3v) is 8.46. The minimum absolute atomic E-state index is 0.0653. The maximum absolute atomic E-state index is 13.1. The monoisotopic (exact) mass is 593 g/mol. The van der Waals surface area contributed by atoms with E-state index in [9.17, 15) is 18.8 Å². The molecule has 5 rings (SSSR count). The first-order valence-electron chi connectivity index (χ1n) is 10.8. The first-order valence-corrected chi connectivity index (χ1v) is 13.9. The summed E-state index contributed by atoms with van der Waals surface area (Å²) >= 11 is 7.55. The molecule has 2 aliphatic heterocycles. The number of aryl methyl sites for hydroxylation is 1. The number of nitrogens with two attached hydrogens (primary N) is 1. The molecule has 0 bridgehead atoms. The zero-order valence-corrected chi connectivity index (χ0v) is 22.7. The third-order valence-electron chi connectivity index (χ3n) is 5.53. The van der Waals surface area contributed by atoms with Gasteiger partial charge in [-0.15, -0.1) is 23.1 Å². The van der Waals surface area contributed by atoms with Gasteiger partial charge in [-0.2, -0.15) is 9.36 Å². The lowest BCUT2D eigenvalue weighted by atomic mass is 10.0. The average molecular weight is 594 g/mol. The van der Waals surface area contributed by atoms with Crippen molar-refractivity contribution in [1.29, 1.82) is 0 Å². The Morgan fingerprint density at radius 1 is 1.42 bits per heavy atom. The zero-order valence-electron chi connectivity index (χ0n) is 19.4. The molecular weight excluding hydrogens is 576 g/mol. The molecule has 5 heterocycles. The second-order valence-corrected chi connectivity index (χ2v) is 11.1. The molecule has 2 aliphatic rings. The number of nitrogens with zero attached hydrogens (tertiary/aromatic N) is 6. The van der Waals surface area contributed by atoms with Crippen LogP contribution < -0.4 is 15.6 Å². The number of anilines is 1. The van der Waals surface area contributed by atoms with Crippen molar-refractivity contribution in [3.63, 3.8) is 0 Å². The standard InChI is InChI=1S/C21H17FN8O4S4/c1-29-4-2-3-9(5-29)11-7-36-17(24-11)10-6-37-19-13(18(32)30(19)14(10)20(33)35)25-16(31)12(27-34-8-22)15-26-21(23)38-28-15/h2-5,7,13,19H,6,8H2,1H3,(H3-,23,25,26,28,31,33,35)/p+1/b27-12-/t13-,19-/m1/s1. The fourth-order valence-corrected chi connectivity index (χ4v) is 6.87. The number of β-lactam (4-membered cyclic amide) rings is 1. The maximum atomic E-state index is 13.1. The Kier molecular flexibility index (Phi) is 7.42. The van der Waals surface area contributed by atoms with Crippen LogP contribution in [0.4, 0.5) is 9.52 Å². The molecule has 38 heavy (non-hydrogen) atoms. The maximum Gasteiger partial charge on any atom is 0.278 e. The highest BCUT2D eigenvalue weighted by Crippen LogP contribution is 2.44. The number of carbonyl (C=O) groups is 3. The molecule has 196 valence electrons. The molecule has 0 radical (unpaired) electrons. The normalized spacial score (nSPS) is 19.2. The Morgan fingerprint density at radius 2 is 2.24 bits per heavy atom. The van der Waals surface area contributed by atoms with Crippen LogP contribution in [0.1, 0.15) is 10.8 Å². The van der Waals surface area contributed by atoms with Gasteiger partial charge < -0.3 is 15.9 Å². The Hall–Kier alpha value is -3.41. The van der Waals surface area contributed by atoms with Crippen molar-refractivity contribution in [3.8, 4) is 11.3 Å². The Balaban J connectivity index is 1.38. The van der Waals surface area contributed by atoms with E-state index in [0.717, 1.165) is 22.8 Å². The molecule has 3 aromatic rings. The molecule has 0 aliphatic carbocycles. The number of nitrogens with one attached hydrogen (secondary N) is 1. The van der Waals surface area contributed by atoms with Crippen LogP contribution >= 0.6 is 47.3 Å². The molecule has 0 saturated carbocycles. The van der Waals surface area contributed by atoms with Gasteiger partial charge in [-0.3, -0.25) is 19.3 Å². The predicted octanol–water partition coefficient (Wildman–Crippen LogP) is 0.984. The van der Waals surface area contributed by atoms with Crippen molar-refractivity contribution in [3.05, 3.63) is 46.4 Å². The number of hydrogen-bond acceptors (Lipinski definition) is 12. The van der Waals surface area contributed by atoms with Crippen LogP contribution in [0.2, 0.25) is 0 Å². The topological polar surface area (TPSA) is 157 Å². The van der Waals surface area contributed by atoms with Crippen molar-refractivity contribution in [1.82, 2.24) is 24.6 Å². The molecule has 0 aromatic carbocycles. The van der Waals surface area contributed by atoms with Gasteiger partial charge in [0.05, 0.1) is 11.3 Å². The van der Waals surface area contributed by atoms with Gasteiger partial charge >= 0.3 is 0 Å². The van der Waals surface area contributed by atoms with E-state index in [1.807, 2.05) is 41.5 Å². The molecule has 0 spiro atoms. The van der Waals surface area contributed by atoms with Crippen molar-refractivity contribution in [2.75, 3.05) is 18.3 Å². The van der Waals surface area contributed by atoms with Gasteiger partial charge in [-0.25, -0.2) is 13.9 Å². The summed E-state index contributed by atoms with van der Waals surface area (Å²) in [5, 5.41) is 7.36. The minimum atomic E-state index is -1.28. The number of hydrogen-bond donors (Lipinski definition) is 3. The van der Waals surface area contributed by atoms with Crippen molar-refractivity contribution >= 4 is 80.6 Å². The van der Waals surface area contributed by atoms with Crippen molar-refractivity contribution < 1.29 is 28.2 Å². The number of fused-ring (bicyclic) bond motifs is 1. The summed E-state index contributed by atoms with van der Waals surface area (Å²) in [6, 6.07) is 2.85. The summed E-state index contributed by atoms with van der Waals surface area (Å²) in [4.78, 5) is 52.9. The number of nitrogen functional groups attached to an aromatic ring is 1. The molecule has 3 aromatic heterocycles. The first-order chi connectivity index (χ1) is 18.3. The number of aromatic nitrogens is 4. The van der Waals surface area contributed by atoms with Gasteiger partial charge in [0, 0.05) is 34.3 Å². The zero-order chi connectivity index (χ0) is 27.0. The summed E-state index contributed by atoms with van der Waals surface area (Å²) in [6.45, 7) is -1.28. The van der Waals surface area contributed by atoms with Crippen LogP contribution in [0.15, 0.2) is 40.8 Å². The lowest BCUT2D eigenvalue weighted by molar-refractivity contribution is -0.671. The number of amides is 2. The van der Waals surface area contributed by atoms with Crippen LogP contribution in [0.25, 0.3) is 16.8 Å². The number of carbonyl (C=O) groups excluding carboxylic acids is 3. The second kappa shape index (κ2) is 10.8. The second-order valence-electron chi connectivity index (χ2n) is 7.92. The summed E-state index contributed by atoms with van der Waals surface area (Å²) in [7, 11) is 1.91. The molecular formula is C21H18FN8O4S4+. The van der Waals surface area contributed by atoms with Crippen LogP contribution in [0.5, 0.6) is 0 Å². The van der Waals surface area contributed by atoms with Gasteiger partial charge in [-0.05, 0) is 6.07 Å². The number of halogens is 1. The summed E-state index contributed by atoms with van der Waals surface area (Å²) in [5.74, 6) is -1.19. The minimum Gasteiger partial charge on any atom is -0.374 e. The number of rotatable bonds is 8. The van der Waals surface area contributed by atoms with E-state index >= 15 is 0 Å². The van der Waals surface area contributed by atoms with E-state index in [4.69, 9.17) is 10.7 Å². The number of pyridine rings is 1. The summed E-state index contributed by atoms with van der Waals surface area (Å²) in [5.41, 5.74) is 7.49. The quantitative estimate of drug-likeness (QED) is 0.114. The van der Waals surface area contributed by atoms with Crippen LogP contribution in [0.3, 0.4) is 0 Å². The molecule has 12 nitrogen and oxygen atoms in total. The van der Waals surface area contributed by atoms with E-state index in [1.54, 1.807) is 0 Å². The fourth-order valence-electron chi connectivity index (χ4n) is 3.88. The molecule has 2 amide bonds. The number of thiazole rings is 1. The SMILES string of the molecule is C[n+]1cccc(-c2csc(C3=C(C(=O)S)N4C(=O)[C@@H](NC(=O)/C(=N\OCF)c5nsc(N)n5)[C@H]4SC3)n2)c1. The molecule has 17 heteroatoms. The lowest BCUT2D eigenvalue weighted by Gasteiger charge is -2.49. The van der Waals surface area contributed by atoms with E-state index in [-0.39, 0.29) is 16.7 Å². The van der Waals surface area contributed by atoms with E-state index in [2.05, 4.69) is 37.3 Å². The summed E-state index contributed by atoms with van der Waals surface area (Å²) < 4.78 is 18.3. The number of thiol groups is 1. The third kappa shape index (κ3) is 4.89. The molecule has 1 saturated heterocycles. The number of thioether (sulfide) groups is 1. The predicted molar refractivity (Wildman–Crippen MR) is 143 cm³/mol. The highest BCUT2D eigenvalue weighted by atomic mass is 32.2. The van der Waals surface area contributed by atoms with Crippen molar-refractivity contribution in [2.24, 2.45) is 12.2 Å². The highest BCUT2D eigenvalue weighted by Gasteiger charge is 2.54. The van der Waals surface area contributed by atoms with Crippen molar-refractivity contribution in [2.45, 2.75) is 11.4 Å². The van der Waals surface area contributed by atoms with E-state index < -0.39 is 40.9 Å². The smallest absolute Gasteiger partial charge is 0.278 e. The van der Waals surface area contributed by atoms with Gasteiger partial charge in [-0.1, -0.05) is 17.8 Å². The fraction of sp³-hybridized carbons (Fsp3) is 0.238. The van der Waals surface area contributed by atoms with Gasteiger partial charge in [0.25, 0.3) is 18.7 Å².